The predicted molar refractivity (Wildman–Crippen MR) is 68.6 cm³/mol. The third kappa shape index (κ3) is 2.71. The summed E-state index contributed by atoms with van der Waals surface area (Å²) in [4.78, 5) is 8.01. The highest BCUT2D eigenvalue weighted by atomic mass is 79.9. The first-order valence-corrected chi connectivity index (χ1v) is 5.52. The Hall–Kier alpha value is -2.13. The first-order chi connectivity index (χ1) is 8.19. The van der Waals surface area contributed by atoms with Gasteiger partial charge in [-0.1, -0.05) is 15.9 Å². The van der Waals surface area contributed by atoms with Crippen LogP contribution in [0.15, 0.2) is 35.1 Å². The standard InChI is InChI=1S/C11H8BrN5/c12-8-2-1-7(4-13)10(3-8)17-11-15-5-9(14)6-16-11/h1-3,5-6H,14H2,(H,15,16,17). The molecule has 0 unspecified atom stereocenters. The molecule has 0 fully saturated rings. The van der Waals surface area contributed by atoms with Crippen molar-refractivity contribution in [2.24, 2.45) is 0 Å². The van der Waals surface area contributed by atoms with E-state index in [4.69, 9.17) is 11.0 Å². The molecule has 0 saturated heterocycles. The normalized spacial score (nSPS) is 9.65. The summed E-state index contributed by atoms with van der Waals surface area (Å²) in [7, 11) is 0. The zero-order valence-electron chi connectivity index (χ0n) is 8.68. The SMILES string of the molecule is N#Cc1ccc(Br)cc1Nc1ncc(N)cn1. The second-order valence-corrected chi connectivity index (χ2v) is 4.18. The van der Waals surface area contributed by atoms with Crippen LogP contribution in [0.2, 0.25) is 0 Å². The molecule has 1 aromatic carbocycles. The molecule has 3 N–H and O–H groups in total. The highest BCUT2D eigenvalue weighted by Crippen LogP contribution is 2.23. The predicted octanol–water partition coefficient (Wildman–Crippen LogP) is 2.44. The van der Waals surface area contributed by atoms with Gasteiger partial charge < -0.3 is 11.1 Å². The lowest BCUT2D eigenvalue weighted by atomic mass is 10.2. The Kier molecular flexibility index (Phi) is 3.21. The molecule has 1 aromatic heterocycles. The Bertz CT molecular complexity index is 573. The van der Waals surface area contributed by atoms with Gasteiger partial charge in [0.25, 0.3) is 0 Å². The van der Waals surface area contributed by atoms with Crippen molar-refractivity contribution in [1.29, 1.82) is 5.26 Å². The van der Waals surface area contributed by atoms with Crippen molar-refractivity contribution in [1.82, 2.24) is 9.97 Å². The molecular weight excluding hydrogens is 282 g/mol. The van der Waals surface area contributed by atoms with E-state index in [1.54, 1.807) is 18.2 Å². The molecule has 1 heterocycles. The van der Waals surface area contributed by atoms with E-state index < -0.39 is 0 Å². The van der Waals surface area contributed by atoms with Crippen LogP contribution >= 0.6 is 15.9 Å². The lowest BCUT2D eigenvalue weighted by Gasteiger charge is -2.06. The first-order valence-electron chi connectivity index (χ1n) is 4.73. The second-order valence-electron chi connectivity index (χ2n) is 3.27. The van der Waals surface area contributed by atoms with E-state index in [1.807, 2.05) is 0 Å². The van der Waals surface area contributed by atoms with Gasteiger partial charge in [-0.15, -0.1) is 0 Å². The molecular formula is C11H8BrN5. The number of halogens is 1. The average Bonchev–Trinajstić information content (AvgIpc) is 2.32. The maximum atomic E-state index is 8.97. The van der Waals surface area contributed by atoms with Crippen LogP contribution in [0.5, 0.6) is 0 Å². The van der Waals surface area contributed by atoms with Crippen LogP contribution in [-0.4, -0.2) is 9.97 Å². The number of nitrogens with two attached hydrogens (primary N) is 1. The summed E-state index contributed by atoms with van der Waals surface area (Å²) in [6.07, 6.45) is 3.00. The minimum absolute atomic E-state index is 0.397. The summed E-state index contributed by atoms with van der Waals surface area (Å²) in [5, 5.41) is 11.9. The van der Waals surface area contributed by atoms with Gasteiger partial charge in [0.1, 0.15) is 6.07 Å². The summed E-state index contributed by atoms with van der Waals surface area (Å²) >= 11 is 3.34. The molecule has 0 saturated carbocycles. The van der Waals surface area contributed by atoms with Gasteiger partial charge in [0, 0.05) is 4.47 Å². The fraction of sp³-hybridized carbons (Fsp3) is 0. The van der Waals surface area contributed by atoms with E-state index in [0.29, 0.717) is 22.9 Å². The molecule has 0 spiro atoms. The molecule has 5 nitrogen and oxygen atoms in total. The third-order valence-corrected chi connectivity index (χ3v) is 2.51. The molecule has 84 valence electrons. The Morgan fingerprint density at radius 2 is 2.00 bits per heavy atom. The number of nitrogens with one attached hydrogen (secondary N) is 1. The maximum absolute atomic E-state index is 8.97. The summed E-state index contributed by atoms with van der Waals surface area (Å²) in [5.41, 5.74) is 7.15. The summed E-state index contributed by atoms with van der Waals surface area (Å²) in [5.74, 6) is 0.397. The molecule has 0 bridgehead atoms. The fourth-order valence-electron chi connectivity index (χ4n) is 1.24. The van der Waals surface area contributed by atoms with E-state index in [0.717, 1.165) is 4.47 Å². The van der Waals surface area contributed by atoms with Crippen LogP contribution in [0.3, 0.4) is 0 Å². The zero-order chi connectivity index (χ0) is 12.3. The third-order valence-electron chi connectivity index (χ3n) is 2.02. The lowest BCUT2D eigenvalue weighted by Crippen LogP contribution is -1.99. The number of nitrogen functional groups attached to an aromatic ring is 1. The number of benzene rings is 1. The van der Waals surface area contributed by atoms with E-state index in [1.165, 1.54) is 12.4 Å². The van der Waals surface area contributed by atoms with Gasteiger partial charge in [-0.25, -0.2) is 9.97 Å². The Balaban J connectivity index is 2.32. The summed E-state index contributed by atoms with van der Waals surface area (Å²) in [6.45, 7) is 0. The van der Waals surface area contributed by atoms with E-state index >= 15 is 0 Å². The van der Waals surface area contributed by atoms with Gasteiger partial charge in [-0.2, -0.15) is 5.26 Å². The molecule has 0 aliphatic heterocycles. The minimum Gasteiger partial charge on any atom is -0.396 e. The number of rotatable bonds is 2. The van der Waals surface area contributed by atoms with Gasteiger partial charge >= 0.3 is 0 Å². The van der Waals surface area contributed by atoms with E-state index in [-0.39, 0.29) is 0 Å². The number of anilines is 3. The average molecular weight is 290 g/mol. The first kappa shape index (κ1) is 11.4. The van der Waals surface area contributed by atoms with Crippen LogP contribution in [-0.2, 0) is 0 Å². The van der Waals surface area contributed by atoms with Gasteiger partial charge in [0.05, 0.1) is 29.3 Å². The van der Waals surface area contributed by atoms with Crippen LogP contribution in [0.1, 0.15) is 5.56 Å². The van der Waals surface area contributed by atoms with Crippen molar-refractivity contribution in [2.75, 3.05) is 11.1 Å². The minimum atomic E-state index is 0.397. The zero-order valence-corrected chi connectivity index (χ0v) is 10.3. The highest BCUT2D eigenvalue weighted by Gasteiger charge is 2.04. The van der Waals surface area contributed by atoms with Gasteiger partial charge in [0.15, 0.2) is 0 Å². The molecule has 0 atom stereocenters. The van der Waals surface area contributed by atoms with Gasteiger partial charge in [0.2, 0.25) is 5.95 Å². The monoisotopic (exact) mass is 289 g/mol. The maximum Gasteiger partial charge on any atom is 0.227 e. The number of hydrogen-bond donors (Lipinski definition) is 2. The van der Waals surface area contributed by atoms with Crippen LogP contribution in [0.4, 0.5) is 17.3 Å². The van der Waals surface area contributed by atoms with Gasteiger partial charge in [-0.05, 0) is 18.2 Å². The van der Waals surface area contributed by atoms with Crippen LogP contribution < -0.4 is 11.1 Å². The molecule has 0 aliphatic carbocycles. The second kappa shape index (κ2) is 4.80. The van der Waals surface area contributed by atoms with Crippen molar-refractivity contribution >= 4 is 33.3 Å². The van der Waals surface area contributed by atoms with Gasteiger partial charge in [-0.3, -0.25) is 0 Å². The molecule has 6 heteroatoms. The smallest absolute Gasteiger partial charge is 0.227 e. The number of nitriles is 1. The Labute approximate surface area is 106 Å². The molecule has 0 radical (unpaired) electrons. The molecule has 2 aromatic rings. The quantitative estimate of drug-likeness (QED) is 0.887. The fourth-order valence-corrected chi connectivity index (χ4v) is 1.60. The van der Waals surface area contributed by atoms with Crippen LogP contribution in [0.25, 0.3) is 0 Å². The van der Waals surface area contributed by atoms with Crippen molar-refractivity contribution in [3.05, 3.63) is 40.6 Å². The van der Waals surface area contributed by atoms with Crippen molar-refractivity contribution in [2.45, 2.75) is 0 Å². The molecule has 0 amide bonds. The van der Waals surface area contributed by atoms with E-state index in [9.17, 15) is 0 Å². The molecule has 2 rings (SSSR count). The largest absolute Gasteiger partial charge is 0.396 e. The highest BCUT2D eigenvalue weighted by molar-refractivity contribution is 9.10. The summed E-state index contributed by atoms with van der Waals surface area (Å²) < 4.78 is 0.870. The number of aromatic nitrogens is 2. The van der Waals surface area contributed by atoms with Crippen molar-refractivity contribution in [3.8, 4) is 6.07 Å². The molecule has 17 heavy (non-hydrogen) atoms. The van der Waals surface area contributed by atoms with E-state index in [2.05, 4.69) is 37.3 Å². The number of nitrogens with zero attached hydrogens (tertiary/aromatic N) is 3. The van der Waals surface area contributed by atoms with Crippen molar-refractivity contribution < 1.29 is 0 Å². The number of hydrogen-bond acceptors (Lipinski definition) is 5. The van der Waals surface area contributed by atoms with Crippen LogP contribution in [0, 0.1) is 11.3 Å². The summed E-state index contributed by atoms with van der Waals surface area (Å²) in [6, 6.07) is 7.39. The Morgan fingerprint density at radius 1 is 1.29 bits per heavy atom. The lowest BCUT2D eigenvalue weighted by molar-refractivity contribution is 1.17. The molecule has 0 aliphatic rings. The topological polar surface area (TPSA) is 87.6 Å². The van der Waals surface area contributed by atoms with Crippen molar-refractivity contribution in [3.63, 3.8) is 0 Å². The Morgan fingerprint density at radius 3 is 2.65 bits per heavy atom.